The minimum Gasteiger partial charge on any atom is -0.478 e. The van der Waals surface area contributed by atoms with Crippen LogP contribution < -0.4 is 9.64 Å². The molecule has 1 N–H and O–H groups in total. The lowest BCUT2D eigenvalue weighted by atomic mass is 9.99. The first kappa shape index (κ1) is 28.3. The minimum atomic E-state index is -4.86. The summed E-state index contributed by atoms with van der Waals surface area (Å²) in [6.45, 7) is 0.123. The summed E-state index contributed by atoms with van der Waals surface area (Å²) in [7, 11) is 0. The number of aromatic nitrogens is 3. The highest BCUT2D eigenvalue weighted by atomic mass is 19.4. The molecule has 2 saturated heterocycles. The Bertz CT molecular complexity index is 1690. The number of ether oxygens (including phenoxy) is 2. The van der Waals surface area contributed by atoms with Gasteiger partial charge in [-0.05, 0) is 68.9 Å². The average molecular weight is 615 g/mol. The van der Waals surface area contributed by atoms with E-state index < -0.39 is 23.7 Å². The smallest absolute Gasteiger partial charge is 0.478 e. The van der Waals surface area contributed by atoms with Gasteiger partial charge >= 0.3 is 18.3 Å². The molecule has 1 saturated carbocycles. The van der Waals surface area contributed by atoms with Gasteiger partial charge in [0.15, 0.2) is 0 Å². The van der Waals surface area contributed by atoms with Gasteiger partial charge in [-0.25, -0.2) is 9.18 Å². The van der Waals surface area contributed by atoms with Crippen molar-refractivity contribution >= 4 is 12.0 Å². The zero-order valence-corrected chi connectivity index (χ0v) is 23.1. The van der Waals surface area contributed by atoms with Crippen LogP contribution in [0.1, 0.15) is 66.1 Å². The van der Waals surface area contributed by atoms with Crippen molar-refractivity contribution in [3.05, 3.63) is 65.2 Å². The molecule has 0 amide bonds. The lowest BCUT2D eigenvalue weighted by Gasteiger charge is -2.37. The molecule has 44 heavy (non-hydrogen) atoms. The zero-order valence-electron chi connectivity index (χ0n) is 23.1. The van der Waals surface area contributed by atoms with E-state index in [-0.39, 0.29) is 59.2 Å². The largest absolute Gasteiger partial charge is 0.573 e. The zero-order chi connectivity index (χ0) is 30.6. The number of rotatable bonds is 9. The lowest BCUT2D eigenvalue weighted by molar-refractivity contribution is -0.274. The summed E-state index contributed by atoms with van der Waals surface area (Å²) in [5.41, 5.74) is 0.908. The number of para-hydroxylation sites is 1. The SMILES string of the molecule is O=C(O)c1ccc(-c2nnc(N3[C@@H]4CC[C@H]3C[C@@H](OCc3c(-c5ccccc5OC(F)(F)F)noc3C3CC3)C4)o2)cc1F. The lowest BCUT2D eigenvalue weighted by Crippen LogP contribution is -2.45. The Balaban J connectivity index is 1.06. The van der Waals surface area contributed by atoms with Gasteiger partial charge < -0.3 is 28.4 Å². The summed E-state index contributed by atoms with van der Waals surface area (Å²) in [6.07, 6.45) is -0.118. The highest BCUT2D eigenvalue weighted by Crippen LogP contribution is 2.46. The normalized spacial score (nSPS) is 21.5. The van der Waals surface area contributed by atoms with Crippen LogP contribution >= 0.6 is 0 Å². The molecular weight excluding hydrogens is 588 g/mol. The molecule has 1 aliphatic carbocycles. The first-order chi connectivity index (χ1) is 21.1. The molecule has 0 unspecified atom stereocenters. The first-order valence-corrected chi connectivity index (χ1v) is 14.2. The number of anilines is 1. The van der Waals surface area contributed by atoms with Gasteiger partial charge in [0, 0.05) is 34.7 Å². The number of carboxylic acids is 1. The maximum atomic E-state index is 14.2. The number of halogens is 4. The Kier molecular flexibility index (Phi) is 7.03. The van der Waals surface area contributed by atoms with E-state index in [0.717, 1.165) is 37.8 Å². The van der Waals surface area contributed by atoms with Crippen LogP contribution in [-0.2, 0) is 11.3 Å². The Morgan fingerprint density at radius 2 is 1.80 bits per heavy atom. The van der Waals surface area contributed by atoms with Crippen molar-refractivity contribution < 1.29 is 45.9 Å². The maximum Gasteiger partial charge on any atom is 0.573 e. The van der Waals surface area contributed by atoms with Gasteiger partial charge in [0.1, 0.15) is 23.0 Å². The number of carbonyl (C=O) groups is 1. The van der Waals surface area contributed by atoms with E-state index in [1.54, 1.807) is 6.07 Å². The average Bonchev–Trinajstić information content (AvgIpc) is 3.44. The van der Waals surface area contributed by atoms with E-state index in [2.05, 4.69) is 25.0 Å². The molecule has 3 aliphatic rings. The summed E-state index contributed by atoms with van der Waals surface area (Å²) in [6, 6.07) is 9.86. The number of hydrogen-bond acceptors (Lipinski definition) is 9. The van der Waals surface area contributed by atoms with Crippen LogP contribution in [-0.4, -0.2) is 51.0 Å². The van der Waals surface area contributed by atoms with E-state index >= 15 is 0 Å². The third kappa shape index (κ3) is 5.49. The Morgan fingerprint density at radius 1 is 1.05 bits per heavy atom. The molecule has 4 aromatic rings. The number of aromatic carboxylic acids is 1. The summed E-state index contributed by atoms with van der Waals surface area (Å²) in [5.74, 6) is -1.76. The molecule has 2 aromatic heterocycles. The second-order valence-electron chi connectivity index (χ2n) is 11.3. The predicted octanol–water partition coefficient (Wildman–Crippen LogP) is 6.72. The summed E-state index contributed by atoms with van der Waals surface area (Å²) >= 11 is 0. The molecule has 3 fully saturated rings. The van der Waals surface area contributed by atoms with Gasteiger partial charge in [0.2, 0.25) is 5.89 Å². The minimum absolute atomic E-state index is 0.0453. The van der Waals surface area contributed by atoms with Gasteiger partial charge in [0.05, 0.1) is 18.3 Å². The number of piperidine rings is 1. The first-order valence-electron chi connectivity index (χ1n) is 14.2. The van der Waals surface area contributed by atoms with Crippen molar-refractivity contribution in [2.75, 3.05) is 4.90 Å². The van der Waals surface area contributed by atoms with Crippen molar-refractivity contribution in [1.82, 2.24) is 15.4 Å². The second kappa shape index (κ2) is 10.9. The van der Waals surface area contributed by atoms with Crippen LogP contribution in [0.15, 0.2) is 51.4 Å². The molecule has 4 heterocycles. The number of carboxylic acid groups (broad SMARTS) is 1. The summed E-state index contributed by atoms with van der Waals surface area (Å²) < 4.78 is 75.7. The Morgan fingerprint density at radius 3 is 2.48 bits per heavy atom. The molecule has 10 nitrogen and oxygen atoms in total. The molecule has 0 radical (unpaired) electrons. The fourth-order valence-corrected chi connectivity index (χ4v) is 6.25. The number of benzene rings is 2. The highest BCUT2D eigenvalue weighted by molar-refractivity contribution is 5.88. The van der Waals surface area contributed by atoms with Crippen molar-refractivity contribution in [3.63, 3.8) is 0 Å². The standard InChI is InChI=1S/C30H26F4N4O6/c31-23-11-16(7-10-20(23)28(39)40)27-35-36-29(42-27)38-17-8-9-18(38)13-19(12-17)41-14-22-25(37-44-26(22)15-5-6-15)21-3-1-2-4-24(21)43-30(32,33)34/h1-4,7,10-11,15,17-19H,5-6,8-9,12-14H2,(H,39,40)/t17-,18+,19+. The molecule has 7 rings (SSSR count). The van der Waals surface area contributed by atoms with Crippen LogP contribution in [0.2, 0.25) is 0 Å². The Labute approximate surface area is 247 Å². The Hall–Kier alpha value is -4.46. The number of alkyl halides is 3. The quantitative estimate of drug-likeness (QED) is 0.203. The van der Waals surface area contributed by atoms with Crippen LogP contribution in [0.3, 0.4) is 0 Å². The third-order valence-corrected chi connectivity index (χ3v) is 8.37. The van der Waals surface area contributed by atoms with Crippen molar-refractivity contribution in [3.8, 4) is 28.5 Å². The molecule has 3 atom stereocenters. The van der Waals surface area contributed by atoms with Crippen LogP contribution in [0.25, 0.3) is 22.7 Å². The van der Waals surface area contributed by atoms with Gasteiger partial charge in [-0.1, -0.05) is 22.4 Å². The van der Waals surface area contributed by atoms with E-state index in [4.69, 9.17) is 18.8 Å². The second-order valence-corrected chi connectivity index (χ2v) is 11.3. The van der Waals surface area contributed by atoms with Gasteiger partial charge in [0.25, 0.3) is 0 Å². The maximum absolute atomic E-state index is 14.2. The summed E-state index contributed by atoms with van der Waals surface area (Å²) in [5, 5.41) is 21.5. The van der Waals surface area contributed by atoms with Gasteiger partial charge in [-0.2, -0.15) is 0 Å². The van der Waals surface area contributed by atoms with Crippen molar-refractivity contribution in [1.29, 1.82) is 0 Å². The fraction of sp³-hybridized carbons (Fsp3) is 0.400. The van der Waals surface area contributed by atoms with Gasteiger partial charge in [-0.15, -0.1) is 18.3 Å². The molecule has 14 heteroatoms. The molecule has 230 valence electrons. The third-order valence-electron chi connectivity index (χ3n) is 8.37. The van der Waals surface area contributed by atoms with Gasteiger partial charge in [-0.3, -0.25) is 0 Å². The molecule has 2 aromatic carbocycles. The van der Waals surface area contributed by atoms with E-state index in [0.29, 0.717) is 30.2 Å². The summed E-state index contributed by atoms with van der Waals surface area (Å²) in [4.78, 5) is 13.2. The topological polar surface area (TPSA) is 124 Å². The van der Waals surface area contributed by atoms with Crippen LogP contribution in [0.4, 0.5) is 23.6 Å². The number of hydrogen-bond donors (Lipinski definition) is 1. The highest BCUT2D eigenvalue weighted by Gasteiger charge is 2.44. The monoisotopic (exact) mass is 614 g/mol. The van der Waals surface area contributed by atoms with Crippen molar-refractivity contribution in [2.45, 2.75) is 75.6 Å². The molecule has 2 aliphatic heterocycles. The number of nitrogens with zero attached hydrogens (tertiary/aromatic N) is 4. The van der Waals surface area contributed by atoms with E-state index in [9.17, 15) is 22.4 Å². The van der Waals surface area contributed by atoms with E-state index in [1.165, 1.54) is 24.3 Å². The van der Waals surface area contributed by atoms with E-state index in [1.807, 2.05) is 0 Å². The van der Waals surface area contributed by atoms with Crippen molar-refractivity contribution in [2.24, 2.45) is 0 Å². The van der Waals surface area contributed by atoms with Crippen LogP contribution in [0.5, 0.6) is 5.75 Å². The van der Waals surface area contributed by atoms with Crippen LogP contribution in [0, 0.1) is 5.82 Å². The number of fused-ring (bicyclic) bond motifs is 2. The fourth-order valence-electron chi connectivity index (χ4n) is 6.25. The molecular formula is C30H26F4N4O6. The predicted molar refractivity (Wildman–Crippen MR) is 144 cm³/mol. The molecule has 0 spiro atoms. The molecule has 2 bridgehead atoms.